The topological polar surface area (TPSA) is 127 Å². The van der Waals surface area contributed by atoms with Crippen LogP contribution in [-0.4, -0.2) is 65.8 Å². The van der Waals surface area contributed by atoms with Crippen molar-refractivity contribution in [2.75, 3.05) is 20.4 Å². The smallest absolute Gasteiger partial charge is 0.312 e. The minimum atomic E-state index is -0.621. The number of imide groups is 2. The monoisotopic (exact) mass is 466 g/mol. The maximum Gasteiger partial charge on any atom is 0.312 e. The number of hydrogen-bond donors (Lipinski definition) is 0. The van der Waals surface area contributed by atoms with Gasteiger partial charge in [0.25, 0.3) is 0 Å². The molecular weight excluding hydrogens is 432 g/mol. The highest BCUT2D eigenvalue weighted by molar-refractivity contribution is 6.07. The second-order valence-corrected chi connectivity index (χ2v) is 9.65. The van der Waals surface area contributed by atoms with Crippen molar-refractivity contribution in [2.24, 2.45) is 34.5 Å². The molecule has 6 unspecified atom stereocenters. The zero-order valence-electron chi connectivity index (χ0n) is 20.6. The van der Waals surface area contributed by atoms with Gasteiger partial charge in [-0.3, -0.25) is 38.6 Å². The van der Waals surface area contributed by atoms with E-state index in [-0.39, 0.29) is 35.5 Å². The molecule has 2 aliphatic carbocycles. The van der Waals surface area contributed by atoms with Gasteiger partial charge in [0, 0.05) is 34.4 Å². The maximum absolute atomic E-state index is 12.6. The average Bonchev–Trinajstić information content (AvgIpc) is 3.16. The van der Waals surface area contributed by atoms with Gasteiger partial charge < -0.3 is 9.47 Å². The summed E-state index contributed by atoms with van der Waals surface area (Å²) in [5.74, 6) is -3.18. The summed E-state index contributed by atoms with van der Waals surface area (Å²) in [7, 11) is 1.51. The van der Waals surface area contributed by atoms with Crippen molar-refractivity contribution in [1.82, 2.24) is 9.80 Å². The van der Waals surface area contributed by atoms with Crippen LogP contribution in [0.25, 0.3) is 0 Å². The van der Waals surface area contributed by atoms with Gasteiger partial charge in [0.2, 0.25) is 30.4 Å². The number of carbonyl (C=O) groups excluding carboxylic acids is 6. The van der Waals surface area contributed by atoms with Crippen molar-refractivity contribution in [2.45, 2.75) is 54.9 Å². The minimum Gasteiger partial charge on any atom is -0.428 e. The molecule has 1 aliphatic heterocycles. The van der Waals surface area contributed by atoms with Gasteiger partial charge in [-0.15, -0.1) is 0 Å². The number of likely N-dealkylation sites (tertiary alicyclic amines) is 1. The van der Waals surface area contributed by atoms with Gasteiger partial charge in [-0.05, 0) is 30.1 Å². The van der Waals surface area contributed by atoms with Crippen LogP contribution in [0.3, 0.4) is 0 Å². The van der Waals surface area contributed by atoms with E-state index in [0.29, 0.717) is 13.0 Å². The van der Waals surface area contributed by atoms with Gasteiger partial charge >= 0.3 is 11.9 Å². The first-order chi connectivity index (χ1) is 15.1. The summed E-state index contributed by atoms with van der Waals surface area (Å²) < 4.78 is 9.79. The maximum atomic E-state index is 12.6. The molecule has 10 heteroatoms. The number of esters is 2. The van der Waals surface area contributed by atoms with Gasteiger partial charge in [-0.2, -0.15) is 0 Å². The third-order valence-corrected chi connectivity index (χ3v) is 7.75. The van der Waals surface area contributed by atoms with Crippen LogP contribution in [0.4, 0.5) is 0 Å². The number of carbonyl (C=O) groups is 6. The molecule has 6 atom stereocenters. The Morgan fingerprint density at radius 1 is 0.970 bits per heavy atom. The molecule has 1 heterocycles. The largest absolute Gasteiger partial charge is 0.428 e. The Morgan fingerprint density at radius 2 is 1.45 bits per heavy atom. The minimum absolute atomic E-state index is 0.100. The fourth-order valence-electron chi connectivity index (χ4n) is 6.28. The third kappa shape index (κ3) is 4.27. The molecule has 2 bridgehead atoms. The molecular formula is C23H34N2O8. The normalized spacial score (nSPS) is 33.8. The standard InChI is InChI=1S/C17H23NO6.C6H11NO2/c1-8-10(15(22)24-7-23-9(2)19)17(4)6-16(8,3)11-12(17)14(21)18(5)13(11)20;1-4-7(5(2)8)6(3)9/h8,10-12H,6-7H2,1-5H3;4H2,1-3H3. The summed E-state index contributed by atoms with van der Waals surface area (Å²) in [5.41, 5.74) is -1.04. The first kappa shape index (κ1) is 26.5. The lowest BCUT2D eigenvalue weighted by molar-refractivity contribution is -0.176. The molecule has 3 aliphatic rings. The Morgan fingerprint density at radius 3 is 1.85 bits per heavy atom. The Balaban J connectivity index is 0.000000365. The number of ether oxygens (including phenoxy) is 2. The molecule has 184 valence electrons. The van der Waals surface area contributed by atoms with E-state index in [9.17, 15) is 28.8 Å². The first-order valence-electron chi connectivity index (χ1n) is 11.0. The molecule has 0 N–H and O–H groups in total. The molecule has 1 saturated heterocycles. The van der Waals surface area contributed by atoms with Gasteiger partial charge in [0.05, 0.1) is 17.8 Å². The Hall–Kier alpha value is -2.78. The van der Waals surface area contributed by atoms with Gasteiger partial charge in [0.15, 0.2) is 0 Å². The second-order valence-electron chi connectivity index (χ2n) is 9.65. The van der Waals surface area contributed by atoms with Crippen molar-refractivity contribution in [1.29, 1.82) is 0 Å². The Labute approximate surface area is 193 Å². The van der Waals surface area contributed by atoms with E-state index < -0.39 is 41.4 Å². The quantitative estimate of drug-likeness (QED) is 0.345. The van der Waals surface area contributed by atoms with Crippen LogP contribution >= 0.6 is 0 Å². The molecule has 4 amide bonds. The summed E-state index contributed by atoms with van der Waals surface area (Å²) in [5, 5.41) is 0. The molecule has 33 heavy (non-hydrogen) atoms. The summed E-state index contributed by atoms with van der Waals surface area (Å²) in [6, 6.07) is 0. The summed E-state index contributed by atoms with van der Waals surface area (Å²) in [6.45, 7) is 11.6. The van der Waals surface area contributed by atoms with Crippen molar-refractivity contribution in [3.8, 4) is 0 Å². The van der Waals surface area contributed by atoms with Gasteiger partial charge in [-0.25, -0.2) is 0 Å². The van der Waals surface area contributed by atoms with Crippen molar-refractivity contribution < 1.29 is 38.2 Å². The van der Waals surface area contributed by atoms with E-state index in [4.69, 9.17) is 4.74 Å². The lowest BCUT2D eigenvalue weighted by atomic mass is 9.59. The summed E-state index contributed by atoms with van der Waals surface area (Å²) in [6.07, 6.45) is 0.634. The van der Waals surface area contributed by atoms with Crippen LogP contribution < -0.4 is 0 Å². The highest BCUT2D eigenvalue weighted by Gasteiger charge is 2.77. The number of rotatable bonds is 4. The predicted molar refractivity (Wildman–Crippen MR) is 115 cm³/mol. The first-order valence-corrected chi connectivity index (χ1v) is 11.0. The highest BCUT2D eigenvalue weighted by Crippen LogP contribution is 2.73. The van der Waals surface area contributed by atoms with Crippen LogP contribution in [0.1, 0.15) is 54.9 Å². The van der Waals surface area contributed by atoms with E-state index in [1.54, 1.807) is 6.92 Å². The Kier molecular flexibility index (Phi) is 7.40. The fraction of sp³-hybridized carbons (Fsp3) is 0.739. The molecule has 0 aromatic carbocycles. The predicted octanol–water partition coefficient (Wildman–Crippen LogP) is 1.36. The molecule has 3 rings (SSSR count). The highest BCUT2D eigenvalue weighted by atomic mass is 16.7. The zero-order valence-corrected chi connectivity index (χ0v) is 20.6. The summed E-state index contributed by atoms with van der Waals surface area (Å²) in [4.78, 5) is 72.0. The molecule has 3 fully saturated rings. The average molecular weight is 467 g/mol. The molecule has 0 aromatic rings. The van der Waals surface area contributed by atoms with Crippen molar-refractivity contribution in [3.63, 3.8) is 0 Å². The number of fused-ring (bicyclic) bond motifs is 5. The molecule has 0 spiro atoms. The van der Waals surface area contributed by atoms with E-state index >= 15 is 0 Å². The van der Waals surface area contributed by atoms with Crippen LogP contribution in [0, 0.1) is 34.5 Å². The lowest BCUT2D eigenvalue weighted by Gasteiger charge is -2.42. The van der Waals surface area contributed by atoms with Crippen LogP contribution in [0.15, 0.2) is 0 Å². The van der Waals surface area contributed by atoms with Crippen LogP contribution in [-0.2, 0) is 38.2 Å². The third-order valence-electron chi connectivity index (χ3n) is 7.75. The van der Waals surface area contributed by atoms with Gasteiger partial charge in [-0.1, -0.05) is 20.8 Å². The number of amides is 4. The number of hydrogen-bond acceptors (Lipinski definition) is 8. The Bertz CT molecular complexity index is 872. The second kappa shape index (κ2) is 9.23. The van der Waals surface area contributed by atoms with E-state index in [2.05, 4.69) is 4.74 Å². The fourth-order valence-corrected chi connectivity index (χ4v) is 6.28. The van der Waals surface area contributed by atoms with E-state index in [0.717, 1.165) is 0 Å². The zero-order chi connectivity index (χ0) is 25.5. The molecule has 2 saturated carbocycles. The van der Waals surface area contributed by atoms with Crippen LogP contribution in [0.2, 0.25) is 0 Å². The van der Waals surface area contributed by atoms with Gasteiger partial charge in [0.1, 0.15) is 0 Å². The van der Waals surface area contributed by atoms with Crippen molar-refractivity contribution >= 4 is 35.6 Å². The van der Waals surface area contributed by atoms with Crippen molar-refractivity contribution in [3.05, 3.63) is 0 Å². The molecule has 0 radical (unpaired) electrons. The van der Waals surface area contributed by atoms with Crippen LogP contribution in [0.5, 0.6) is 0 Å². The number of nitrogens with zero attached hydrogens (tertiary/aromatic N) is 2. The molecule has 0 aromatic heterocycles. The molecule has 10 nitrogen and oxygen atoms in total. The van der Waals surface area contributed by atoms with E-state index in [1.165, 1.54) is 37.6 Å². The lowest BCUT2D eigenvalue weighted by Crippen LogP contribution is -2.48. The van der Waals surface area contributed by atoms with E-state index in [1.807, 2.05) is 20.8 Å². The SMILES string of the molecule is CC(=O)OCOC(=O)C1C(C)C2(C)CC1(C)C1C(=O)N(C)C(=O)C12.CCN(C(C)=O)C(C)=O. The summed E-state index contributed by atoms with van der Waals surface area (Å²) >= 11 is 0.